The first kappa shape index (κ1) is 61.4. The van der Waals surface area contributed by atoms with Crippen LogP contribution < -0.4 is 39.1 Å². The van der Waals surface area contributed by atoms with Gasteiger partial charge in [-0.05, 0) is 113 Å². The normalized spacial score (nSPS) is 13.8. The first-order chi connectivity index (χ1) is 33.4. The van der Waals surface area contributed by atoms with Crippen molar-refractivity contribution in [1.82, 2.24) is 10.6 Å². The number of para-hydroxylation sites is 2. The molecule has 0 atom stereocenters. The predicted octanol–water partition coefficient (Wildman–Crippen LogP) is 12.3. The Kier molecular flexibility index (Phi) is 34.9. The molecule has 3 aliphatic rings. The smallest absolute Gasteiger partial charge is 0.200 e. The average molecular weight is 975 g/mol. The molecule has 0 aromatic heterocycles. The molecule has 2 N–H and O–H groups in total. The molecule has 0 amide bonds. The Labute approximate surface area is 407 Å². The van der Waals surface area contributed by atoms with Crippen LogP contribution in [0, 0.1) is 29.1 Å². The summed E-state index contributed by atoms with van der Waals surface area (Å²) < 4.78 is 101. The molecular formula is C54H75F5N2O8. The Morgan fingerprint density at radius 2 is 0.884 bits per heavy atom. The Bertz CT molecular complexity index is 1990. The maximum absolute atomic E-state index is 12.8. The third-order valence-corrected chi connectivity index (χ3v) is 10.6. The molecule has 0 spiro atoms. The zero-order valence-corrected chi connectivity index (χ0v) is 41.8. The summed E-state index contributed by atoms with van der Waals surface area (Å²) in [6.07, 6.45) is 13.9. The number of nitrogens with one attached hydrogen (secondary N) is 2. The van der Waals surface area contributed by atoms with Gasteiger partial charge in [-0.1, -0.05) is 68.1 Å². The predicted molar refractivity (Wildman–Crippen MR) is 265 cm³/mol. The van der Waals surface area contributed by atoms with E-state index in [-0.39, 0.29) is 28.9 Å². The highest BCUT2D eigenvalue weighted by atomic mass is 19.2. The van der Waals surface area contributed by atoms with E-state index in [1.807, 2.05) is 37.4 Å². The summed E-state index contributed by atoms with van der Waals surface area (Å²) in [6.45, 7) is 1.87. The Morgan fingerprint density at radius 1 is 0.420 bits per heavy atom. The minimum Gasteiger partial charge on any atom is -0.497 e. The lowest BCUT2D eigenvalue weighted by atomic mass is 10.1. The molecule has 1 saturated heterocycles. The molecule has 2 saturated carbocycles. The van der Waals surface area contributed by atoms with Crippen molar-refractivity contribution in [2.75, 3.05) is 77.1 Å². The van der Waals surface area contributed by atoms with Crippen LogP contribution in [0.3, 0.4) is 0 Å². The fourth-order valence-corrected chi connectivity index (χ4v) is 6.50. The molecule has 1 heterocycles. The van der Waals surface area contributed by atoms with Gasteiger partial charge in [-0.3, -0.25) is 0 Å². The number of rotatable bonds is 9. The molecule has 0 unspecified atom stereocenters. The van der Waals surface area contributed by atoms with E-state index < -0.39 is 17.5 Å². The number of halogens is 5. The fourth-order valence-electron chi connectivity index (χ4n) is 6.50. The standard InChI is InChI=1S/C8H9FO2.C7H6F2O.2C7H7FO.C7H8O.C6H13NO.C6H13N.C6H12O/c1-10-6-3-4-8(11-2)7(9)5-6;1-10-6-4-2-3-5(8)7(6)9;1-9-7-4-2-3-6(8)5-7;1-9-7-5-3-2-4-6(7)8;1-8-7-5-3-2-4-6-7;1-7-6-2-4-8-5-3-6;2*1-7-6-4-2-3-5-6/h3-5H,1-2H3;2-4H,1H3;2*2-5H,1H3;2-6H,1H3;6-7H,2-5H2,1H3;6-7H,2-5H2,1H3;6H,2-5H2,1H3. The second kappa shape index (κ2) is 39.3. The van der Waals surface area contributed by atoms with E-state index >= 15 is 0 Å². The molecule has 10 nitrogen and oxygen atoms in total. The van der Waals surface area contributed by atoms with Gasteiger partial charge < -0.3 is 48.5 Å². The summed E-state index contributed by atoms with van der Waals surface area (Å²) in [5, 5.41) is 6.49. The fraction of sp³-hybridized carbons (Fsp3) is 0.444. The van der Waals surface area contributed by atoms with Gasteiger partial charge in [-0.2, -0.15) is 4.39 Å². The molecule has 384 valence electrons. The highest BCUT2D eigenvalue weighted by molar-refractivity contribution is 5.33. The molecule has 0 bridgehead atoms. The van der Waals surface area contributed by atoms with Crippen molar-refractivity contribution in [2.24, 2.45) is 0 Å². The Hall–Kier alpha value is -5.61. The summed E-state index contributed by atoms with van der Waals surface area (Å²) in [5.41, 5.74) is 0. The highest BCUT2D eigenvalue weighted by Gasteiger charge is 2.13. The van der Waals surface area contributed by atoms with E-state index in [9.17, 15) is 22.0 Å². The lowest BCUT2D eigenvalue weighted by molar-refractivity contribution is 0.0799. The molecule has 5 aromatic rings. The van der Waals surface area contributed by atoms with Crippen molar-refractivity contribution in [2.45, 2.75) is 82.4 Å². The van der Waals surface area contributed by atoms with Crippen LogP contribution in [0.2, 0.25) is 0 Å². The quantitative estimate of drug-likeness (QED) is 0.139. The summed E-state index contributed by atoms with van der Waals surface area (Å²) in [5.74, 6) is -0.431. The van der Waals surface area contributed by atoms with E-state index in [0.717, 1.165) is 31.1 Å². The SMILES string of the molecule is CNC1CCCC1.CNC1CCOCC1.COC1CCCC1.COc1ccc(OC)c(F)c1.COc1cccc(F)c1.COc1cccc(F)c1F.COc1ccccc1.COc1ccccc1F. The molecule has 2 aliphatic carbocycles. The van der Waals surface area contributed by atoms with Crippen molar-refractivity contribution in [3.63, 3.8) is 0 Å². The van der Waals surface area contributed by atoms with Gasteiger partial charge in [-0.15, -0.1) is 0 Å². The summed E-state index contributed by atoms with van der Waals surface area (Å²) in [4.78, 5) is 0. The largest absolute Gasteiger partial charge is 0.497 e. The zero-order chi connectivity index (χ0) is 51.1. The molecule has 1 aliphatic heterocycles. The number of methoxy groups -OCH3 is 7. The lowest BCUT2D eigenvalue weighted by Gasteiger charge is -2.20. The third-order valence-electron chi connectivity index (χ3n) is 10.6. The van der Waals surface area contributed by atoms with E-state index in [1.54, 1.807) is 50.6 Å². The second-order valence-corrected chi connectivity index (χ2v) is 15.2. The maximum atomic E-state index is 12.8. The third kappa shape index (κ3) is 27.8. The van der Waals surface area contributed by atoms with Crippen molar-refractivity contribution >= 4 is 0 Å². The monoisotopic (exact) mass is 975 g/mol. The van der Waals surface area contributed by atoms with E-state index in [1.165, 1.54) is 142 Å². The van der Waals surface area contributed by atoms with Gasteiger partial charge in [-0.25, -0.2) is 17.6 Å². The number of hydrogen-bond donors (Lipinski definition) is 2. The van der Waals surface area contributed by atoms with Crippen LogP contribution in [0.4, 0.5) is 22.0 Å². The first-order valence-corrected chi connectivity index (χ1v) is 22.9. The van der Waals surface area contributed by atoms with E-state index in [4.69, 9.17) is 28.4 Å². The average Bonchev–Trinajstić information content (AvgIpc) is 4.15. The molecule has 8 rings (SSSR count). The first-order valence-electron chi connectivity index (χ1n) is 22.9. The second-order valence-electron chi connectivity index (χ2n) is 15.2. The molecule has 0 radical (unpaired) electrons. The van der Waals surface area contributed by atoms with Crippen LogP contribution in [0.25, 0.3) is 0 Å². The van der Waals surface area contributed by atoms with Crippen molar-refractivity contribution in [3.8, 4) is 34.5 Å². The molecule has 5 aromatic carbocycles. The lowest BCUT2D eigenvalue weighted by Crippen LogP contribution is -2.31. The van der Waals surface area contributed by atoms with Crippen molar-refractivity contribution < 1.29 is 59.8 Å². The van der Waals surface area contributed by atoms with Gasteiger partial charge in [0.1, 0.15) is 23.1 Å². The zero-order valence-electron chi connectivity index (χ0n) is 41.8. The number of benzene rings is 5. The maximum Gasteiger partial charge on any atom is 0.200 e. The molecule has 15 heteroatoms. The molecular weight excluding hydrogens is 900 g/mol. The van der Waals surface area contributed by atoms with Crippen LogP contribution in [0.1, 0.15) is 64.2 Å². The topological polar surface area (TPSA) is 97.9 Å². The van der Waals surface area contributed by atoms with Gasteiger partial charge in [0, 0.05) is 44.5 Å². The molecule has 69 heavy (non-hydrogen) atoms. The van der Waals surface area contributed by atoms with Crippen LogP contribution in [0.15, 0.2) is 115 Å². The summed E-state index contributed by atoms with van der Waals surface area (Å²) in [6, 6.07) is 31.8. The number of ether oxygens (including phenoxy) is 8. The van der Waals surface area contributed by atoms with Crippen LogP contribution >= 0.6 is 0 Å². The van der Waals surface area contributed by atoms with Gasteiger partial charge in [0.2, 0.25) is 5.82 Å². The van der Waals surface area contributed by atoms with Gasteiger partial charge in [0.25, 0.3) is 0 Å². The number of hydrogen-bond acceptors (Lipinski definition) is 10. The highest BCUT2D eigenvalue weighted by Crippen LogP contribution is 2.22. The minimum atomic E-state index is -0.940. The van der Waals surface area contributed by atoms with E-state index in [0.29, 0.717) is 23.6 Å². The Morgan fingerprint density at radius 3 is 1.29 bits per heavy atom. The summed E-state index contributed by atoms with van der Waals surface area (Å²) in [7, 11) is 14.7. The minimum absolute atomic E-state index is 0.0694. The van der Waals surface area contributed by atoms with Crippen molar-refractivity contribution in [1.29, 1.82) is 0 Å². The van der Waals surface area contributed by atoms with E-state index in [2.05, 4.69) is 27.2 Å². The van der Waals surface area contributed by atoms with Crippen LogP contribution in [-0.4, -0.2) is 95.3 Å². The van der Waals surface area contributed by atoms with Gasteiger partial charge >= 0.3 is 0 Å². The van der Waals surface area contributed by atoms with Crippen LogP contribution in [0.5, 0.6) is 34.5 Å². The Balaban J connectivity index is 0.000000396. The van der Waals surface area contributed by atoms with Gasteiger partial charge in [0.05, 0.1) is 48.8 Å². The van der Waals surface area contributed by atoms with Crippen LogP contribution in [-0.2, 0) is 9.47 Å². The molecule has 3 fully saturated rings. The van der Waals surface area contributed by atoms with Gasteiger partial charge in [0.15, 0.2) is 34.7 Å². The van der Waals surface area contributed by atoms with Crippen molar-refractivity contribution in [3.05, 3.63) is 144 Å². The summed E-state index contributed by atoms with van der Waals surface area (Å²) >= 11 is 0.